The number of amides is 2. The molecule has 0 aliphatic heterocycles. The summed E-state index contributed by atoms with van der Waals surface area (Å²) in [6, 6.07) is 9.15. The first-order chi connectivity index (χ1) is 11.9. The highest BCUT2D eigenvalue weighted by Gasteiger charge is 2.16. The molecule has 0 fully saturated rings. The molecule has 0 unspecified atom stereocenters. The van der Waals surface area contributed by atoms with Crippen LogP contribution >= 0.6 is 0 Å². The topological polar surface area (TPSA) is 77.7 Å². The van der Waals surface area contributed by atoms with Gasteiger partial charge in [0.05, 0.1) is 6.26 Å². The van der Waals surface area contributed by atoms with Crippen molar-refractivity contribution >= 4 is 11.7 Å². The van der Waals surface area contributed by atoms with E-state index in [0.29, 0.717) is 18.7 Å². The van der Waals surface area contributed by atoms with E-state index in [0.717, 1.165) is 11.3 Å². The molecule has 0 saturated carbocycles. The summed E-state index contributed by atoms with van der Waals surface area (Å²) in [5, 5.41) is 15.8. The van der Waals surface area contributed by atoms with E-state index < -0.39 is 6.10 Å². The molecule has 0 spiro atoms. The lowest BCUT2D eigenvalue weighted by molar-refractivity contribution is 0.129. The summed E-state index contributed by atoms with van der Waals surface area (Å²) in [6.07, 6.45) is 1.17. The van der Waals surface area contributed by atoms with Gasteiger partial charge in [0, 0.05) is 38.8 Å². The lowest BCUT2D eigenvalue weighted by Gasteiger charge is -2.20. The van der Waals surface area contributed by atoms with Crippen LogP contribution in [0.1, 0.15) is 36.3 Å². The Morgan fingerprint density at radius 1 is 1.32 bits per heavy atom. The SMILES string of the molecule is Cc1ccc(CNC(=O)N[C@@H](C)C[C@H](O)c2ccco2)c(N(C)C)c1. The van der Waals surface area contributed by atoms with Crippen LogP contribution < -0.4 is 15.5 Å². The van der Waals surface area contributed by atoms with Gasteiger partial charge >= 0.3 is 6.03 Å². The van der Waals surface area contributed by atoms with Crippen molar-refractivity contribution in [2.24, 2.45) is 0 Å². The molecule has 0 saturated heterocycles. The Morgan fingerprint density at radius 2 is 2.08 bits per heavy atom. The number of rotatable bonds is 7. The molecule has 1 aromatic carbocycles. The monoisotopic (exact) mass is 345 g/mol. The molecular weight excluding hydrogens is 318 g/mol. The summed E-state index contributed by atoms with van der Waals surface area (Å²) in [6.45, 7) is 4.33. The van der Waals surface area contributed by atoms with Crippen LogP contribution in [-0.2, 0) is 6.54 Å². The molecule has 0 aliphatic rings. The Morgan fingerprint density at radius 3 is 2.72 bits per heavy atom. The third-order valence-electron chi connectivity index (χ3n) is 3.99. The van der Waals surface area contributed by atoms with Gasteiger partial charge in [0.25, 0.3) is 0 Å². The van der Waals surface area contributed by atoms with Crippen LogP contribution in [0.25, 0.3) is 0 Å². The molecule has 6 heteroatoms. The predicted molar refractivity (Wildman–Crippen MR) is 98.6 cm³/mol. The number of aryl methyl sites for hydroxylation is 1. The van der Waals surface area contributed by atoms with Crippen molar-refractivity contribution < 1.29 is 14.3 Å². The number of carbonyl (C=O) groups excluding carboxylic acids is 1. The highest BCUT2D eigenvalue weighted by Crippen LogP contribution is 2.20. The fourth-order valence-electron chi connectivity index (χ4n) is 2.68. The molecule has 1 aromatic heterocycles. The zero-order valence-corrected chi connectivity index (χ0v) is 15.2. The van der Waals surface area contributed by atoms with Crippen LogP contribution in [0.5, 0.6) is 0 Å². The average molecular weight is 345 g/mol. The van der Waals surface area contributed by atoms with E-state index in [9.17, 15) is 9.90 Å². The minimum absolute atomic E-state index is 0.188. The first-order valence-electron chi connectivity index (χ1n) is 8.39. The quantitative estimate of drug-likeness (QED) is 0.721. The molecule has 0 aliphatic carbocycles. The fraction of sp³-hybridized carbons (Fsp3) is 0.421. The van der Waals surface area contributed by atoms with Gasteiger partial charge < -0.3 is 25.1 Å². The van der Waals surface area contributed by atoms with Crippen molar-refractivity contribution in [1.29, 1.82) is 0 Å². The molecule has 2 aromatic rings. The third kappa shape index (κ3) is 5.53. The number of carbonyl (C=O) groups is 1. The Bertz CT molecular complexity index is 683. The Hall–Kier alpha value is -2.47. The van der Waals surface area contributed by atoms with E-state index in [4.69, 9.17) is 4.42 Å². The number of nitrogens with zero attached hydrogens (tertiary/aromatic N) is 1. The van der Waals surface area contributed by atoms with Crippen LogP contribution in [0.4, 0.5) is 10.5 Å². The normalized spacial score (nSPS) is 13.2. The van der Waals surface area contributed by atoms with Gasteiger partial charge in [0.1, 0.15) is 11.9 Å². The summed E-state index contributed by atoms with van der Waals surface area (Å²) >= 11 is 0. The van der Waals surface area contributed by atoms with Crippen LogP contribution in [-0.4, -0.2) is 31.3 Å². The number of hydrogen-bond acceptors (Lipinski definition) is 4. The number of aliphatic hydroxyl groups is 1. The number of nitrogens with one attached hydrogen (secondary N) is 2. The summed E-state index contributed by atoms with van der Waals surface area (Å²) in [5.74, 6) is 0.504. The Balaban J connectivity index is 1.84. The second kappa shape index (κ2) is 8.58. The summed E-state index contributed by atoms with van der Waals surface area (Å²) in [4.78, 5) is 14.1. The number of anilines is 1. The maximum Gasteiger partial charge on any atom is 0.315 e. The first kappa shape index (κ1) is 18.9. The smallest absolute Gasteiger partial charge is 0.315 e. The van der Waals surface area contributed by atoms with E-state index in [-0.39, 0.29) is 12.1 Å². The maximum atomic E-state index is 12.1. The first-order valence-corrected chi connectivity index (χ1v) is 8.39. The molecule has 2 amide bonds. The van der Waals surface area contributed by atoms with Crippen LogP contribution in [0.3, 0.4) is 0 Å². The molecule has 3 N–H and O–H groups in total. The van der Waals surface area contributed by atoms with Crippen LogP contribution in [0.2, 0.25) is 0 Å². The van der Waals surface area contributed by atoms with Crippen LogP contribution in [0, 0.1) is 6.92 Å². The third-order valence-corrected chi connectivity index (χ3v) is 3.99. The van der Waals surface area contributed by atoms with Crippen molar-refractivity contribution in [3.8, 4) is 0 Å². The molecule has 6 nitrogen and oxygen atoms in total. The lowest BCUT2D eigenvalue weighted by Crippen LogP contribution is -2.41. The second-order valence-electron chi connectivity index (χ2n) is 6.52. The molecule has 0 radical (unpaired) electrons. The highest BCUT2D eigenvalue weighted by molar-refractivity contribution is 5.74. The number of hydrogen-bond donors (Lipinski definition) is 3. The van der Waals surface area contributed by atoms with Crippen LogP contribution in [0.15, 0.2) is 41.0 Å². The number of furan rings is 1. The van der Waals surface area contributed by atoms with E-state index in [2.05, 4.69) is 16.7 Å². The number of benzene rings is 1. The zero-order valence-electron chi connectivity index (χ0n) is 15.2. The maximum absolute atomic E-state index is 12.1. The van der Waals surface area contributed by atoms with Crippen molar-refractivity contribution in [2.45, 2.75) is 39.0 Å². The van der Waals surface area contributed by atoms with Crippen molar-refractivity contribution in [1.82, 2.24) is 10.6 Å². The van der Waals surface area contributed by atoms with Gasteiger partial charge in [-0.1, -0.05) is 12.1 Å². The summed E-state index contributed by atoms with van der Waals surface area (Å²) < 4.78 is 5.17. The molecule has 2 rings (SSSR count). The lowest BCUT2D eigenvalue weighted by atomic mass is 10.1. The highest BCUT2D eigenvalue weighted by atomic mass is 16.4. The van der Waals surface area contributed by atoms with Crippen molar-refractivity contribution in [2.75, 3.05) is 19.0 Å². The van der Waals surface area contributed by atoms with Gasteiger partial charge in [-0.2, -0.15) is 0 Å². The van der Waals surface area contributed by atoms with Crippen molar-refractivity contribution in [3.63, 3.8) is 0 Å². The number of urea groups is 1. The molecule has 2 atom stereocenters. The minimum Gasteiger partial charge on any atom is -0.467 e. The Labute approximate surface area is 148 Å². The van der Waals surface area contributed by atoms with Gasteiger partial charge in [0.15, 0.2) is 0 Å². The fourth-order valence-corrected chi connectivity index (χ4v) is 2.68. The number of aliphatic hydroxyl groups excluding tert-OH is 1. The summed E-state index contributed by atoms with van der Waals surface area (Å²) in [5.41, 5.74) is 3.31. The predicted octanol–water partition coefficient (Wildman–Crippen LogP) is 2.97. The van der Waals surface area contributed by atoms with Gasteiger partial charge in [-0.15, -0.1) is 0 Å². The van der Waals surface area contributed by atoms with Crippen molar-refractivity contribution in [3.05, 3.63) is 53.5 Å². The largest absolute Gasteiger partial charge is 0.467 e. The van der Waals surface area contributed by atoms with Gasteiger partial charge in [0.2, 0.25) is 0 Å². The molecular formula is C19H27N3O3. The van der Waals surface area contributed by atoms with E-state index in [1.807, 2.05) is 45.0 Å². The molecule has 25 heavy (non-hydrogen) atoms. The standard InChI is InChI=1S/C19H27N3O3/c1-13-7-8-15(16(10-13)22(3)4)12-20-19(24)21-14(2)11-17(23)18-6-5-9-25-18/h5-10,14,17,23H,11-12H2,1-4H3,(H2,20,21,24)/t14-,17-/m0/s1. The second-order valence-corrected chi connectivity index (χ2v) is 6.52. The zero-order chi connectivity index (χ0) is 18.4. The molecule has 0 bridgehead atoms. The van der Waals surface area contributed by atoms with Gasteiger partial charge in [-0.25, -0.2) is 4.79 Å². The average Bonchev–Trinajstić information content (AvgIpc) is 3.07. The minimum atomic E-state index is -0.734. The van der Waals surface area contributed by atoms with Gasteiger partial charge in [-0.3, -0.25) is 0 Å². The molecule has 1 heterocycles. The van der Waals surface area contributed by atoms with E-state index in [1.54, 1.807) is 12.1 Å². The van der Waals surface area contributed by atoms with E-state index in [1.165, 1.54) is 11.8 Å². The molecule has 136 valence electrons. The van der Waals surface area contributed by atoms with Gasteiger partial charge in [-0.05, 0) is 43.2 Å². The Kier molecular flexibility index (Phi) is 6.47. The van der Waals surface area contributed by atoms with E-state index >= 15 is 0 Å². The summed E-state index contributed by atoms with van der Waals surface area (Å²) in [7, 11) is 3.97.